The van der Waals surface area contributed by atoms with Gasteiger partial charge in [-0.2, -0.15) is 23.5 Å². The number of hydrogen-bond donors (Lipinski definition) is 3. The molecule has 1 aliphatic heterocycles. The van der Waals surface area contributed by atoms with Gasteiger partial charge in [-0.1, -0.05) is 18.5 Å². The zero-order valence-corrected chi connectivity index (χ0v) is 12.5. The van der Waals surface area contributed by atoms with Gasteiger partial charge in [0, 0.05) is 33.8 Å². The predicted octanol–water partition coefficient (Wildman–Crippen LogP) is 2.06. The van der Waals surface area contributed by atoms with Crippen molar-refractivity contribution in [1.29, 1.82) is 0 Å². The number of hydrazine groups is 1. The molecule has 3 unspecified atom stereocenters. The topological polar surface area (TPSA) is 77.0 Å². The summed E-state index contributed by atoms with van der Waals surface area (Å²) in [5.74, 6) is 8.52. The van der Waals surface area contributed by atoms with Crippen molar-refractivity contribution in [2.24, 2.45) is 5.84 Å². The molecule has 4 nitrogen and oxygen atoms in total. The second-order valence-electron chi connectivity index (χ2n) is 4.18. The second kappa shape index (κ2) is 6.34. The summed E-state index contributed by atoms with van der Waals surface area (Å²) in [4.78, 5) is 4.10. The molecule has 2 rings (SSSR count). The standard InChI is InChI=1S/C11H17ClN4S2/c1-6-10(18-3-2-17-6)9(16-14)8-4-7(12)5-15-11(8)13/h4-6,9-10,16H,2-3,14H2,1H3,(H2,13,15). The molecular formula is C11H17ClN4S2. The third-order valence-electron chi connectivity index (χ3n) is 3.00. The second-order valence-corrected chi connectivity index (χ2v) is 7.39. The average Bonchev–Trinajstić information content (AvgIpc) is 2.36. The SMILES string of the molecule is CC1SCCSC1C(NN)c1cc(Cl)cnc1N. The van der Waals surface area contributed by atoms with E-state index in [2.05, 4.69) is 17.3 Å². The Hall–Kier alpha value is -0.140. The molecule has 18 heavy (non-hydrogen) atoms. The van der Waals surface area contributed by atoms with Crippen LogP contribution in [0, 0.1) is 0 Å². The minimum atomic E-state index is -0.0241. The molecule has 1 aromatic heterocycles. The van der Waals surface area contributed by atoms with Crippen molar-refractivity contribution in [3.8, 4) is 0 Å². The Kier molecular flexibility index (Phi) is 5.03. The van der Waals surface area contributed by atoms with Gasteiger partial charge in [0.15, 0.2) is 0 Å². The summed E-state index contributed by atoms with van der Waals surface area (Å²) in [6.07, 6.45) is 1.56. The van der Waals surface area contributed by atoms with Crippen LogP contribution >= 0.6 is 35.1 Å². The zero-order chi connectivity index (χ0) is 13.1. The van der Waals surface area contributed by atoms with E-state index in [1.54, 1.807) is 6.20 Å². The summed E-state index contributed by atoms with van der Waals surface area (Å²) in [6.45, 7) is 2.22. The first kappa shape index (κ1) is 14.3. The van der Waals surface area contributed by atoms with Crippen LogP contribution in [0.2, 0.25) is 5.02 Å². The fourth-order valence-electron chi connectivity index (χ4n) is 2.09. The van der Waals surface area contributed by atoms with Gasteiger partial charge in [-0.05, 0) is 6.07 Å². The fourth-order valence-corrected chi connectivity index (χ4v) is 5.18. The van der Waals surface area contributed by atoms with Gasteiger partial charge in [0.25, 0.3) is 0 Å². The van der Waals surface area contributed by atoms with Crippen LogP contribution in [0.15, 0.2) is 12.3 Å². The number of nitrogens with one attached hydrogen (secondary N) is 1. The molecule has 1 fully saturated rings. The minimum absolute atomic E-state index is 0.0241. The van der Waals surface area contributed by atoms with Crippen LogP contribution in [0.25, 0.3) is 0 Å². The maximum atomic E-state index is 5.99. The summed E-state index contributed by atoms with van der Waals surface area (Å²) in [6, 6.07) is 1.82. The molecule has 100 valence electrons. The van der Waals surface area contributed by atoms with Gasteiger partial charge in [0.05, 0.1) is 11.1 Å². The van der Waals surface area contributed by atoms with Crippen LogP contribution < -0.4 is 17.0 Å². The number of nitrogen functional groups attached to an aromatic ring is 1. The van der Waals surface area contributed by atoms with Crippen molar-refractivity contribution in [3.63, 3.8) is 0 Å². The molecule has 1 aliphatic rings. The van der Waals surface area contributed by atoms with Gasteiger partial charge in [-0.25, -0.2) is 4.98 Å². The van der Waals surface area contributed by atoms with Crippen LogP contribution in [-0.4, -0.2) is 27.0 Å². The molecular weight excluding hydrogens is 288 g/mol. The van der Waals surface area contributed by atoms with Gasteiger partial charge in [0.2, 0.25) is 0 Å². The van der Waals surface area contributed by atoms with Crippen LogP contribution in [0.1, 0.15) is 18.5 Å². The van der Waals surface area contributed by atoms with Gasteiger partial charge in [-0.3, -0.25) is 11.3 Å². The Morgan fingerprint density at radius 2 is 2.22 bits per heavy atom. The lowest BCUT2D eigenvalue weighted by Crippen LogP contribution is -2.41. The molecule has 0 spiro atoms. The zero-order valence-electron chi connectivity index (χ0n) is 10.1. The third-order valence-corrected chi connectivity index (χ3v) is 6.40. The van der Waals surface area contributed by atoms with E-state index in [1.165, 1.54) is 5.75 Å². The average molecular weight is 305 g/mol. The van der Waals surface area contributed by atoms with E-state index in [9.17, 15) is 0 Å². The van der Waals surface area contributed by atoms with Crippen molar-refractivity contribution < 1.29 is 0 Å². The van der Waals surface area contributed by atoms with Gasteiger partial charge in [0.1, 0.15) is 5.82 Å². The molecule has 2 heterocycles. The number of aromatic nitrogens is 1. The van der Waals surface area contributed by atoms with Crippen molar-refractivity contribution in [3.05, 3.63) is 22.8 Å². The van der Waals surface area contributed by atoms with Crippen molar-refractivity contribution >= 4 is 40.9 Å². The van der Waals surface area contributed by atoms with E-state index < -0.39 is 0 Å². The molecule has 0 bridgehead atoms. The van der Waals surface area contributed by atoms with Crippen LogP contribution in [-0.2, 0) is 0 Å². The smallest absolute Gasteiger partial charge is 0.128 e. The van der Waals surface area contributed by atoms with E-state index in [0.717, 1.165) is 11.3 Å². The van der Waals surface area contributed by atoms with E-state index in [-0.39, 0.29) is 6.04 Å². The number of nitrogens with zero attached hydrogens (tertiary/aromatic N) is 1. The van der Waals surface area contributed by atoms with E-state index >= 15 is 0 Å². The van der Waals surface area contributed by atoms with Gasteiger partial charge < -0.3 is 5.73 Å². The lowest BCUT2D eigenvalue weighted by molar-refractivity contribution is 0.527. The predicted molar refractivity (Wildman–Crippen MR) is 81.9 cm³/mol. The molecule has 0 amide bonds. The molecule has 1 saturated heterocycles. The first-order valence-corrected chi connectivity index (χ1v) is 8.21. The summed E-state index contributed by atoms with van der Waals surface area (Å²) < 4.78 is 0. The highest BCUT2D eigenvalue weighted by molar-refractivity contribution is 8.07. The van der Waals surface area contributed by atoms with Gasteiger partial charge >= 0.3 is 0 Å². The van der Waals surface area contributed by atoms with Crippen LogP contribution in [0.4, 0.5) is 5.82 Å². The summed E-state index contributed by atoms with van der Waals surface area (Å²) in [5, 5.41) is 1.47. The Labute approximate surface area is 121 Å². The summed E-state index contributed by atoms with van der Waals surface area (Å²) >= 11 is 9.88. The summed E-state index contributed by atoms with van der Waals surface area (Å²) in [5.41, 5.74) is 9.70. The normalized spacial score (nSPS) is 25.9. The molecule has 0 radical (unpaired) electrons. The Morgan fingerprint density at radius 3 is 2.89 bits per heavy atom. The Morgan fingerprint density at radius 1 is 1.50 bits per heavy atom. The van der Waals surface area contributed by atoms with E-state index in [4.69, 9.17) is 23.2 Å². The number of anilines is 1. The van der Waals surface area contributed by atoms with Crippen molar-refractivity contribution in [2.45, 2.75) is 23.5 Å². The first-order valence-electron chi connectivity index (χ1n) is 5.73. The van der Waals surface area contributed by atoms with E-state index in [1.807, 2.05) is 29.6 Å². The lowest BCUT2D eigenvalue weighted by atomic mass is 10.0. The number of pyridine rings is 1. The third kappa shape index (κ3) is 3.05. The molecule has 5 N–H and O–H groups in total. The molecule has 0 saturated carbocycles. The highest BCUT2D eigenvalue weighted by Crippen LogP contribution is 2.39. The maximum absolute atomic E-state index is 5.99. The number of hydrogen-bond acceptors (Lipinski definition) is 6. The largest absolute Gasteiger partial charge is 0.383 e. The monoisotopic (exact) mass is 304 g/mol. The molecule has 0 aliphatic carbocycles. The van der Waals surface area contributed by atoms with Crippen molar-refractivity contribution in [2.75, 3.05) is 17.2 Å². The lowest BCUT2D eigenvalue weighted by Gasteiger charge is -2.34. The fraction of sp³-hybridized carbons (Fsp3) is 0.545. The molecule has 0 aromatic carbocycles. The quantitative estimate of drug-likeness (QED) is 0.586. The number of halogens is 1. The van der Waals surface area contributed by atoms with Crippen LogP contribution in [0.5, 0.6) is 0 Å². The highest BCUT2D eigenvalue weighted by atomic mass is 35.5. The van der Waals surface area contributed by atoms with Gasteiger partial charge in [-0.15, -0.1) is 0 Å². The van der Waals surface area contributed by atoms with E-state index in [0.29, 0.717) is 21.3 Å². The highest BCUT2D eigenvalue weighted by Gasteiger charge is 2.32. The molecule has 1 aromatic rings. The molecule has 7 heteroatoms. The minimum Gasteiger partial charge on any atom is -0.383 e. The Bertz CT molecular complexity index is 418. The number of thioether (sulfide) groups is 2. The summed E-state index contributed by atoms with van der Waals surface area (Å²) in [7, 11) is 0. The number of rotatable bonds is 3. The number of nitrogens with two attached hydrogens (primary N) is 2. The molecule has 3 atom stereocenters. The van der Waals surface area contributed by atoms with Crippen molar-refractivity contribution in [1.82, 2.24) is 10.4 Å². The maximum Gasteiger partial charge on any atom is 0.128 e. The first-order chi connectivity index (χ1) is 8.63. The Balaban J connectivity index is 2.29. The van der Waals surface area contributed by atoms with Crippen LogP contribution in [0.3, 0.4) is 0 Å².